The van der Waals surface area contributed by atoms with E-state index in [-0.39, 0.29) is 11.9 Å². The number of hydrogen-bond acceptors (Lipinski definition) is 6. The van der Waals surface area contributed by atoms with E-state index in [4.69, 9.17) is 0 Å². The van der Waals surface area contributed by atoms with Crippen molar-refractivity contribution in [1.82, 2.24) is 24.7 Å². The van der Waals surface area contributed by atoms with Crippen LogP contribution in [-0.2, 0) is 17.8 Å². The molecule has 0 N–H and O–H groups in total. The predicted molar refractivity (Wildman–Crippen MR) is 121 cm³/mol. The maximum Gasteiger partial charge on any atom is 0.327 e. The van der Waals surface area contributed by atoms with E-state index in [1.54, 1.807) is 17.5 Å². The number of rotatable bonds is 8. The fourth-order valence-corrected chi connectivity index (χ4v) is 5.33. The number of carbonyl (C=O) groups excluding carboxylic acids is 2. The van der Waals surface area contributed by atoms with Gasteiger partial charge < -0.3 is 4.90 Å². The van der Waals surface area contributed by atoms with Crippen LogP contribution in [0.5, 0.6) is 0 Å². The molecular formula is C23H31N5O2S. The third-order valence-corrected chi connectivity index (χ3v) is 7.03. The van der Waals surface area contributed by atoms with E-state index in [9.17, 15) is 9.59 Å². The summed E-state index contributed by atoms with van der Waals surface area (Å²) in [5.74, 6) is 0.315. The van der Waals surface area contributed by atoms with Crippen molar-refractivity contribution in [3.63, 3.8) is 0 Å². The van der Waals surface area contributed by atoms with Crippen LogP contribution in [0, 0.1) is 5.92 Å². The summed E-state index contributed by atoms with van der Waals surface area (Å²) >= 11 is 1.66. The van der Waals surface area contributed by atoms with Gasteiger partial charge in [-0.25, -0.2) is 9.78 Å². The van der Waals surface area contributed by atoms with Gasteiger partial charge in [0.05, 0.1) is 6.54 Å². The Morgan fingerprint density at radius 3 is 2.65 bits per heavy atom. The number of carbonyl (C=O) groups is 2. The lowest BCUT2D eigenvalue weighted by Crippen LogP contribution is -2.57. The lowest BCUT2D eigenvalue weighted by Gasteiger charge is -2.42. The number of thiazole rings is 1. The highest BCUT2D eigenvalue weighted by atomic mass is 32.1. The molecule has 0 saturated carbocycles. The molecule has 8 heteroatoms. The number of aryl methyl sites for hydroxylation is 1. The Bertz CT molecular complexity index is 879. The first kappa shape index (κ1) is 21.9. The molecule has 2 saturated heterocycles. The van der Waals surface area contributed by atoms with Crippen LogP contribution in [0.15, 0.2) is 36.1 Å². The van der Waals surface area contributed by atoms with Gasteiger partial charge in [-0.05, 0) is 43.2 Å². The summed E-state index contributed by atoms with van der Waals surface area (Å²) < 4.78 is 0. The van der Waals surface area contributed by atoms with Crippen LogP contribution >= 0.6 is 11.3 Å². The normalized spacial score (nSPS) is 19.2. The Balaban J connectivity index is 1.43. The number of likely N-dealkylation sites (tertiary alicyclic amines) is 1. The zero-order valence-electron chi connectivity index (χ0n) is 18.4. The lowest BCUT2D eigenvalue weighted by atomic mass is 9.85. The minimum atomic E-state index is -0.685. The third kappa shape index (κ3) is 4.65. The minimum Gasteiger partial charge on any atom is -0.309 e. The van der Waals surface area contributed by atoms with Gasteiger partial charge in [-0.3, -0.25) is 19.6 Å². The van der Waals surface area contributed by atoms with E-state index in [0.29, 0.717) is 31.8 Å². The van der Waals surface area contributed by atoms with E-state index in [2.05, 4.69) is 28.7 Å². The summed E-state index contributed by atoms with van der Waals surface area (Å²) in [4.78, 5) is 41.1. The van der Waals surface area contributed by atoms with Crippen LogP contribution in [0.1, 0.15) is 43.7 Å². The highest BCUT2D eigenvalue weighted by Gasteiger charge is 2.57. The number of hydrogen-bond donors (Lipinski definition) is 0. The zero-order valence-corrected chi connectivity index (χ0v) is 19.2. The second kappa shape index (κ2) is 9.44. The van der Waals surface area contributed by atoms with Crippen LogP contribution < -0.4 is 0 Å². The molecule has 2 aliphatic rings. The number of nitrogens with zero attached hydrogens (tertiary/aromatic N) is 5. The molecule has 31 heavy (non-hydrogen) atoms. The van der Waals surface area contributed by atoms with E-state index in [1.807, 2.05) is 34.8 Å². The van der Waals surface area contributed by atoms with Crippen molar-refractivity contribution < 1.29 is 9.59 Å². The second-order valence-corrected chi connectivity index (χ2v) is 9.92. The van der Waals surface area contributed by atoms with Crippen LogP contribution in [0.2, 0.25) is 0 Å². The van der Waals surface area contributed by atoms with Crippen LogP contribution in [0.25, 0.3) is 0 Å². The molecule has 7 nitrogen and oxygen atoms in total. The molecule has 2 aromatic heterocycles. The fraction of sp³-hybridized carbons (Fsp3) is 0.565. The standard InChI is InChI=1S/C23H31N5O2S/c1-18(2)16-28-22(30)27(11-4-6-19-5-3-9-24-15-19)21(29)23(28)7-12-26(13-8-23)17-20-25-10-14-31-20/h3,5,9-10,14-15,18H,4,6-8,11-13,16-17H2,1-2H3. The molecule has 1 spiro atoms. The van der Waals surface area contributed by atoms with Crippen LogP contribution in [0.4, 0.5) is 4.79 Å². The Kier molecular flexibility index (Phi) is 6.67. The Labute approximate surface area is 188 Å². The first-order valence-electron chi connectivity index (χ1n) is 11.1. The highest BCUT2D eigenvalue weighted by molar-refractivity contribution is 7.09. The molecule has 166 valence electrons. The first-order valence-corrected chi connectivity index (χ1v) is 12.0. The molecule has 3 amide bonds. The van der Waals surface area contributed by atoms with Gasteiger partial charge in [0.15, 0.2) is 0 Å². The van der Waals surface area contributed by atoms with Gasteiger partial charge >= 0.3 is 6.03 Å². The number of pyridine rings is 1. The summed E-state index contributed by atoms with van der Waals surface area (Å²) in [6, 6.07) is 3.84. The van der Waals surface area contributed by atoms with E-state index in [0.717, 1.165) is 43.0 Å². The van der Waals surface area contributed by atoms with Crippen molar-refractivity contribution in [2.45, 2.75) is 51.6 Å². The molecule has 2 fully saturated rings. The highest BCUT2D eigenvalue weighted by Crippen LogP contribution is 2.38. The number of imide groups is 1. The largest absolute Gasteiger partial charge is 0.327 e. The average molecular weight is 442 g/mol. The SMILES string of the molecule is CC(C)CN1C(=O)N(CCCc2cccnc2)C(=O)C12CCN(Cc1nccs1)CC2. The van der Waals surface area contributed by atoms with Crippen molar-refractivity contribution >= 4 is 23.3 Å². The molecule has 4 heterocycles. The molecule has 4 rings (SSSR count). The minimum absolute atomic E-state index is 0.00163. The second-order valence-electron chi connectivity index (χ2n) is 8.94. The number of amides is 3. The molecule has 0 unspecified atom stereocenters. The smallest absolute Gasteiger partial charge is 0.309 e. The average Bonchev–Trinajstić information content (AvgIpc) is 3.34. The molecule has 0 radical (unpaired) electrons. The maximum atomic E-state index is 13.6. The monoisotopic (exact) mass is 441 g/mol. The van der Waals surface area contributed by atoms with E-state index < -0.39 is 5.54 Å². The molecule has 2 aromatic rings. The van der Waals surface area contributed by atoms with Gasteiger partial charge in [0.25, 0.3) is 5.91 Å². The summed E-state index contributed by atoms with van der Waals surface area (Å²) in [6.07, 6.45) is 8.38. The van der Waals surface area contributed by atoms with E-state index in [1.165, 1.54) is 4.90 Å². The Morgan fingerprint density at radius 1 is 1.19 bits per heavy atom. The molecule has 0 aliphatic carbocycles. The maximum absolute atomic E-state index is 13.6. The molecule has 0 aromatic carbocycles. The number of urea groups is 1. The Morgan fingerprint density at radius 2 is 2.00 bits per heavy atom. The van der Waals surface area contributed by atoms with Crippen molar-refractivity contribution in [2.75, 3.05) is 26.2 Å². The van der Waals surface area contributed by atoms with Crippen molar-refractivity contribution in [3.8, 4) is 0 Å². The summed E-state index contributed by atoms with van der Waals surface area (Å²) in [5.41, 5.74) is 0.445. The van der Waals surface area contributed by atoms with E-state index >= 15 is 0 Å². The summed E-state index contributed by atoms with van der Waals surface area (Å²) in [6.45, 7) is 7.71. The Hall–Kier alpha value is -2.32. The van der Waals surface area contributed by atoms with Gasteiger partial charge in [-0.1, -0.05) is 19.9 Å². The van der Waals surface area contributed by atoms with Gasteiger partial charge in [0.1, 0.15) is 10.5 Å². The third-order valence-electron chi connectivity index (χ3n) is 6.26. The van der Waals surface area contributed by atoms with Crippen molar-refractivity contribution in [2.24, 2.45) is 5.92 Å². The van der Waals surface area contributed by atoms with Gasteiger partial charge in [0.2, 0.25) is 0 Å². The molecule has 0 atom stereocenters. The lowest BCUT2D eigenvalue weighted by molar-refractivity contribution is -0.135. The summed E-state index contributed by atoms with van der Waals surface area (Å²) in [7, 11) is 0. The van der Waals surface area contributed by atoms with Crippen LogP contribution in [0.3, 0.4) is 0 Å². The first-order chi connectivity index (χ1) is 15.0. The van der Waals surface area contributed by atoms with Gasteiger partial charge in [-0.15, -0.1) is 11.3 Å². The van der Waals surface area contributed by atoms with Gasteiger partial charge in [-0.2, -0.15) is 0 Å². The molecule has 2 aliphatic heterocycles. The fourth-order valence-electron chi connectivity index (χ4n) is 4.67. The summed E-state index contributed by atoms with van der Waals surface area (Å²) in [5, 5.41) is 3.09. The van der Waals surface area contributed by atoms with Gasteiger partial charge in [0, 0.05) is 50.1 Å². The van der Waals surface area contributed by atoms with Crippen molar-refractivity contribution in [3.05, 3.63) is 46.7 Å². The molecule has 0 bridgehead atoms. The van der Waals surface area contributed by atoms with Crippen LogP contribution in [-0.4, -0.2) is 68.3 Å². The number of aromatic nitrogens is 2. The quantitative estimate of drug-likeness (QED) is 0.587. The molecular weight excluding hydrogens is 410 g/mol. The number of piperidine rings is 1. The zero-order chi connectivity index (χ0) is 21.8. The topological polar surface area (TPSA) is 69.6 Å². The van der Waals surface area contributed by atoms with Crippen molar-refractivity contribution in [1.29, 1.82) is 0 Å². The predicted octanol–water partition coefficient (Wildman–Crippen LogP) is 3.43.